The summed E-state index contributed by atoms with van der Waals surface area (Å²) in [5, 5.41) is -0.272. The Bertz CT molecular complexity index is 509. The zero-order chi connectivity index (χ0) is 12.2. The van der Waals surface area contributed by atoms with Gasteiger partial charge < -0.3 is 4.42 Å². The van der Waals surface area contributed by atoms with E-state index in [1.54, 1.807) is 6.92 Å². The second-order valence-electron chi connectivity index (χ2n) is 2.91. The summed E-state index contributed by atoms with van der Waals surface area (Å²) in [6.45, 7) is 1.87. The number of rotatable bonds is 5. The molecule has 1 rings (SSSR count). The molecule has 0 aliphatic heterocycles. The van der Waals surface area contributed by atoms with E-state index >= 15 is 0 Å². The van der Waals surface area contributed by atoms with Crippen molar-refractivity contribution in [3.05, 3.63) is 17.9 Å². The molecule has 16 heavy (non-hydrogen) atoms. The number of terminal acetylenes is 1. The summed E-state index contributed by atoms with van der Waals surface area (Å²) < 4.78 is 29.8. The average Bonchev–Trinajstić information content (AvgIpc) is 2.74. The molecule has 0 saturated heterocycles. The highest BCUT2D eigenvalue weighted by Crippen LogP contribution is 2.17. The Labute approximate surface area is 94.1 Å². The van der Waals surface area contributed by atoms with E-state index in [9.17, 15) is 13.2 Å². The van der Waals surface area contributed by atoms with Crippen LogP contribution in [0, 0.1) is 12.3 Å². The highest BCUT2D eigenvalue weighted by molar-refractivity contribution is 7.89. The van der Waals surface area contributed by atoms with E-state index in [2.05, 4.69) is 5.92 Å². The first-order valence-electron chi connectivity index (χ1n) is 4.55. The molecule has 0 unspecified atom stereocenters. The van der Waals surface area contributed by atoms with E-state index in [-0.39, 0.29) is 23.9 Å². The Morgan fingerprint density at radius 1 is 1.56 bits per heavy atom. The molecule has 1 aromatic heterocycles. The van der Waals surface area contributed by atoms with Gasteiger partial charge in [0.05, 0.1) is 6.54 Å². The standard InChI is InChI=1S/C10H11NO4S/c1-3-7-11(4-2)16(13,14)10-6-5-9(8-12)15-10/h1,5-6,8H,4,7H2,2H3. The van der Waals surface area contributed by atoms with Gasteiger partial charge in [-0.1, -0.05) is 12.8 Å². The Morgan fingerprint density at radius 3 is 2.69 bits per heavy atom. The highest BCUT2D eigenvalue weighted by Gasteiger charge is 2.25. The lowest BCUT2D eigenvalue weighted by Crippen LogP contribution is -2.30. The molecule has 0 amide bonds. The van der Waals surface area contributed by atoms with Gasteiger partial charge in [-0.05, 0) is 12.1 Å². The summed E-state index contributed by atoms with van der Waals surface area (Å²) in [5.41, 5.74) is 0. The predicted octanol–water partition coefficient (Wildman–Crippen LogP) is 0.736. The number of carbonyl (C=O) groups is 1. The van der Waals surface area contributed by atoms with E-state index in [1.807, 2.05) is 0 Å². The first-order chi connectivity index (χ1) is 7.56. The zero-order valence-electron chi connectivity index (χ0n) is 8.71. The largest absolute Gasteiger partial charge is 0.440 e. The number of hydrogen-bond acceptors (Lipinski definition) is 4. The van der Waals surface area contributed by atoms with Gasteiger partial charge in [-0.25, -0.2) is 8.42 Å². The molecule has 5 nitrogen and oxygen atoms in total. The van der Waals surface area contributed by atoms with Crippen LogP contribution in [0.1, 0.15) is 17.5 Å². The quantitative estimate of drug-likeness (QED) is 0.563. The maximum absolute atomic E-state index is 11.9. The Hall–Kier alpha value is -1.58. The summed E-state index contributed by atoms with van der Waals surface area (Å²) in [4.78, 5) is 10.4. The van der Waals surface area contributed by atoms with Crippen LogP contribution in [0.25, 0.3) is 0 Å². The van der Waals surface area contributed by atoms with Gasteiger partial charge in [-0.15, -0.1) is 6.42 Å². The molecular weight excluding hydrogens is 230 g/mol. The van der Waals surface area contributed by atoms with Crippen molar-refractivity contribution in [2.24, 2.45) is 0 Å². The summed E-state index contributed by atoms with van der Waals surface area (Å²) in [6.07, 6.45) is 5.51. The van der Waals surface area contributed by atoms with Gasteiger partial charge in [-0.2, -0.15) is 4.31 Å². The lowest BCUT2D eigenvalue weighted by Gasteiger charge is -2.15. The van der Waals surface area contributed by atoms with Crippen molar-refractivity contribution in [2.45, 2.75) is 12.0 Å². The van der Waals surface area contributed by atoms with E-state index in [0.29, 0.717) is 6.29 Å². The van der Waals surface area contributed by atoms with Crippen molar-refractivity contribution in [1.82, 2.24) is 4.31 Å². The Balaban J connectivity index is 3.10. The number of hydrogen-bond donors (Lipinski definition) is 0. The monoisotopic (exact) mass is 241 g/mol. The van der Waals surface area contributed by atoms with Crippen molar-refractivity contribution in [1.29, 1.82) is 0 Å². The van der Waals surface area contributed by atoms with E-state index in [4.69, 9.17) is 10.8 Å². The molecule has 0 radical (unpaired) electrons. The highest BCUT2D eigenvalue weighted by atomic mass is 32.2. The van der Waals surface area contributed by atoms with Gasteiger partial charge in [-0.3, -0.25) is 4.79 Å². The number of aldehydes is 1. The molecule has 1 aromatic rings. The first kappa shape index (κ1) is 12.5. The van der Waals surface area contributed by atoms with Gasteiger partial charge in [0.25, 0.3) is 10.0 Å². The van der Waals surface area contributed by atoms with E-state index < -0.39 is 10.0 Å². The van der Waals surface area contributed by atoms with Crippen LogP contribution in [0.2, 0.25) is 0 Å². The van der Waals surface area contributed by atoms with Crippen molar-refractivity contribution >= 4 is 16.3 Å². The van der Waals surface area contributed by atoms with Gasteiger partial charge in [0, 0.05) is 6.54 Å². The van der Waals surface area contributed by atoms with E-state index in [1.165, 1.54) is 12.1 Å². The normalized spacial score (nSPS) is 11.3. The summed E-state index contributed by atoms with van der Waals surface area (Å²) >= 11 is 0. The van der Waals surface area contributed by atoms with Gasteiger partial charge in [0.1, 0.15) is 0 Å². The van der Waals surface area contributed by atoms with Crippen LogP contribution in [0.15, 0.2) is 21.6 Å². The van der Waals surface area contributed by atoms with E-state index in [0.717, 1.165) is 4.31 Å². The Morgan fingerprint density at radius 2 is 2.25 bits per heavy atom. The fraction of sp³-hybridized carbons (Fsp3) is 0.300. The SMILES string of the molecule is C#CCN(CC)S(=O)(=O)c1ccc(C=O)o1. The van der Waals surface area contributed by atoms with Crippen LogP contribution in [0.5, 0.6) is 0 Å². The molecule has 1 heterocycles. The van der Waals surface area contributed by atoms with Gasteiger partial charge in [0.15, 0.2) is 12.0 Å². The molecule has 0 saturated carbocycles. The topological polar surface area (TPSA) is 67.6 Å². The average molecular weight is 241 g/mol. The molecule has 0 aromatic carbocycles. The molecule has 0 fully saturated rings. The maximum Gasteiger partial charge on any atom is 0.277 e. The predicted molar refractivity (Wildman–Crippen MR) is 57.4 cm³/mol. The molecule has 6 heteroatoms. The third-order valence-electron chi connectivity index (χ3n) is 1.93. The minimum atomic E-state index is -3.74. The van der Waals surface area contributed by atoms with Crippen molar-refractivity contribution in [3.8, 4) is 12.3 Å². The first-order valence-corrected chi connectivity index (χ1v) is 5.99. The number of nitrogens with zero attached hydrogens (tertiary/aromatic N) is 1. The fourth-order valence-electron chi connectivity index (χ4n) is 1.13. The molecule has 0 aliphatic carbocycles. The smallest absolute Gasteiger partial charge is 0.277 e. The second kappa shape index (κ2) is 4.96. The fourth-order valence-corrected chi connectivity index (χ4v) is 2.41. The summed E-state index contributed by atoms with van der Waals surface area (Å²) in [7, 11) is -3.74. The Kier molecular flexibility index (Phi) is 3.88. The third kappa shape index (κ3) is 2.32. The summed E-state index contributed by atoms with van der Waals surface area (Å²) in [5.74, 6) is 2.22. The number of furan rings is 1. The third-order valence-corrected chi connectivity index (χ3v) is 3.73. The molecule has 86 valence electrons. The van der Waals surface area contributed by atoms with Gasteiger partial charge >= 0.3 is 0 Å². The van der Waals surface area contributed by atoms with Crippen LogP contribution in [-0.4, -0.2) is 32.1 Å². The lowest BCUT2D eigenvalue weighted by molar-refractivity contribution is 0.109. The molecule has 0 N–H and O–H groups in total. The minimum Gasteiger partial charge on any atom is -0.440 e. The summed E-state index contributed by atoms with van der Waals surface area (Å²) in [6, 6.07) is 2.53. The molecule has 0 spiro atoms. The maximum atomic E-state index is 11.9. The van der Waals surface area contributed by atoms with Crippen molar-refractivity contribution < 1.29 is 17.6 Å². The van der Waals surface area contributed by atoms with Crippen LogP contribution in [0.4, 0.5) is 0 Å². The van der Waals surface area contributed by atoms with Crippen molar-refractivity contribution in [3.63, 3.8) is 0 Å². The van der Waals surface area contributed by atoms with Crippen molar-refractivity contribution in [2.75, 3.05) is 13.1 Å². The number of carbonyl (C=O) groups excluding carboxylic acids is 1. The molecule has 0 atom stereocenters. The minimum absolute atomic E-state index is 0.0318. The van der Waals surface area contributed by atoms with Gasteiger partial charge in [0.2, 0.25) is 5.09 Å². The zero-order valence-corrected chi connectivity index (χ0v) is 9.53. The molecular formula is C10H11NO4S. The second-order valence-corrected chi connectivity index (χ2v) is 4.78. The van der Waals surface area contributed by atoms with Crippen LogP contribution in [-0.2, 0) is 10.0 Å². The lowest BCUT2D eigenvalue weighted by atomic mass is 10.5. The molecule has 0 aliphatic rings. The van der Waals surface area contributed by atoms with Crippen LogP contribution < -0.4 is 0 Å². The van der Waals surface area contributed by atoms with Crippen LogP contribution in [0.3, 0.4) is 0 Å². The number of sulfonamides is 1. The molecule has 0 bridgehead atoms. The van der Waals surface area contributed by atoms with Crippen LogP contribution >= 0.6 is 0 Å².